The molecule has 0 heterocycles. The Morgan fingerprint density at radius 3 is 2.00 bits per heavy atom. The fourth-order valence-corrected chi connectivity index (χ4v) is 3.30. The molecule has 0 unspecified atom stereocenters. The summed E-state index contributed by atoms with van der Waals surface area (Å²) in [5.74, 6) is 5.07. The van der Waals surface area contributed by atoms with Gasteiger partial charge in [0.05, 0.1) is 0 Å². The van der Waals surface area contributed by atoms with Gasteiger partial charge < -0.3 is 0 Å². The summed E-state index contributed by atoms with van der Waals surface area (Å²) in [6.45, 7) is 2.29. The van der Waals surface area contributed by atoms with E-state index in [2.05, 4.69) is 42.4 Å². The topological polar surface area (TPSA) is 0 Å². The number of hydrogen-bond acceptors (Lipinski definition) is 1. The van der Waals surface area contributed by atoms with Crippen molar-refractivity contribution in [2.75, 3.05) is 0 Å². The summed E-state index contributed by atoms with van der Waals surface area (Å²) in [6.07, 6.45) is 8.16. The molecule has 1 aliphatic rings. The Bertz CT molecular complexity index is 408. The van der Waals surface area contributed by atoms with E-state index in [9.17, 15) is 0 Å². The molecule has 0 spiro atoms. The molecule has 0 amide bonds. The van der Waals surface area contributed by atoms with E-state index in [4.69, 9.17) is 0 Å². The summed E-state index contributed by atoms with van der Waals surface area (Å²) in [7, 11) is 0. The zero-order chi connectivity index (χ0) is 12.6. The van der Waals surface area contributed by atoms with Gasteiger partial charge in [-0.1, -0.05) is 43.9 Å². The molecule has 1 aromatic carbocycles. The van der Waals surface area contributed by atoms with Crippen LogP contribution in [0, 0.1) is 23.0 Å². The molecule has 1 aromatic rings. The monoisotopic (exact) mass is 358 g/mol. The van der Waals surface area contributed by atoms with Crippen molar-refractivity contribution in [1.29, 1.82) is 0 Å². The molecule has 6 heteroatoms. The molecule has 0 N–H and O–H groups in total. The van der Waals surface area contributed by atoms with E-state index in [1.54, 1.807) is 11.8 Å². The third-order valence-corrected chi connectivity index (χ3v) is 4.45. The Hall–Kier alpha value is -1.22. The Kier molecular flexibility index (Phi) is 22.2. The molecule has 0 bridgehead atoms. The zero-order valence-electron chi connectivity index (χ0n) is 13.2. The Balaban J connectivity index is -0.000000361. The van der Waals surface area contributed by atoms with Gasteiger partial charge >= 0.3 is 0 Å². The van der Waals surface area contributed by atoms with Gasteiger partial charge in [-0.2, -0.15) is 0 Å². The van der Waals surface area contributed by atoms with Crippen LogP contribution in [0.4, 0.5) is 23.5 Å². The third kappa shape index (κ3) is 11.0. The molecule has 0 aliphatic heterocycles. The molecule has 0 aromatic heterocycles. The van der Waals surface area contributed by atoms with E-state index in [1.165, 1.54) is 43.4 Å². The van der Waals surface area contributed by atoms with Crippen LogP contribution in [0.3, 0.4) is 0 Å². The average Bonchev–Trinajstić information content (AvgIpc) is 2.42. The van der Waals surface area contributed by atoms with Crippen molar-refractivity contribution in [3.8, 4) is 11.2 Å². The second kappa shape index (κ2) is 17.1. The van der Waals surface area contributed by atoms with Gasteiger partial charge in [-0.25, -0.2) is 0 Å². The van der Waals surface area contributed by atoms with Crippen LogP contribution >= 0.6 is 11.8 Å². The molecule has 136 valence electrons. The number of halogens is 5. The van der Waals surface area contributed by atoms with E-state index in [0.717, 1.165) is 5.92 Å². The van der Waals surface area contributed by atoms with Crippen molar-refractivity contribution >= 4 is 11.8 Å². The summed E-state index contributed by atoms with van der Waals surface area (Å²) >= 11 is 1.66. The van der Waals surface area contributed by atoms with Gasteiger partial charge in [-0.3, -0.25) is 23.5 Å². The van der Waals surface area contributed by atoms with Crippen LogP contribution in [0.15, 0.2) is 35.2 Å². The molecule has 0 nitrogen and oxygen atoms in total. The van der Waals surface area contributed by atoms with Crippen LogP contribution in [0.2, 0.25) is 0 Å². The van der Waals surface area contributed by atoms with Gasteiger partial charge in [0, 0.05) is 10.8 Å². The van der Waals surface area contributed by atoms with Crippen LogP contribution in [-0.4, -0.2) is 0 Å². The van der Waals surface area contributed by atoms with Crippen molar-refractivity contribution in [2.45, 2.75) is 50.3 Å². The first-order valence-electron chi connectivity index (χ1n) is 7.11. The van der Waals surface area contributed by atoms with Gasteiger partial charge in [-0.05, 0) is 60.7 Å². The van der Waals surface area contributed by atoms with Gasteiger partial charge in [-0.15, -0.1) is 0 Å². The largest absolute Gasteiger partial charge is 0.269 e. The number of rotatable bonds is 3. The molecular formula is C17H27F5S. The molecule has 23 heavy (non-hydrogen) atoms. The second-order valence-corrected chi connectivity index (χ2v) is 6.05. The summed E-state index contributed by atoms with van der Waals surface area (Å²) < 4.78 is 0. The fraction of sp³-hybridized carbons (Fsp3) is 0.529. The van der Waals surface area contributed by atoms with Gasteiger partial charge in [0.1, 0.15) is 0 Å². The second-order valence-electron chi connectivity index (χ2n) is 5.17. The lowest BCUT2D eigenvalue weighted by Gasteiger charge is -2.25. The predicted octanol–water partition coefficient (Wildman–Crippen LogP) is 6.11. The summed E-state index contributed by atoms with van der Waals surface area (Å²) in [4.78, 5) is 1.25. The highest BCUT2D eigenvalue weighted by molar-refractivity contribution is 8.03. The maximum absolute atomic E-state index is 3.45. The minimum Gasteiger partial charge on any atom is -0.269 e. The van der Waals surface area contributed by atoms with Gasteiger partial charge in [0.25, 0.3) is 0 Å². The van der Waals surface area contributed by atoms with Crippen LogP contribution in [0.5, 0.6) is 0 Å². The Labute approximate surface area is 139 Å². The molecule has 1 saturated carbocycles. The van der Waals surface area contributed by atoms with E-state index >= 15 is 0 Å². The number of thioether (sulfide) groups is 1. The smallest absolute Gasteiger partial charge is 0.0212 e. The lowest BCUT2D eigenvalue weighted by molar-refractivity contribution is 0.300. The molecule has 0 atom stereocenters. The highest BCUT2D eigenvalue weighted by atomic mass is 32.2. The number of hydrogen-bond donors (Lipinski definition) is 0. The minimum absolute atomic E-state index is 0. The van der Waals surface area contributed by atoms with Crippen molar-refractivity contribution in [1.82, 2.24) is 0 Å². The summed E-state index contributed by atoms with van der Waals surface area (Å²) in [6, 6.07) is 10.4. The van der Waals surface area contributed by atoms with Crippen LogP contribution in [-0.2, 0) is 0 Å². The maximum Gasteiger partial charge on any atom is 0.0212 e. The van der Waals surface area contributed by atoms with Crippen LogP contribution in [0.1, 0.15) is 45.4 Å². The van der Waals surface area contributed by atoms with Crippen LogP contribution < -0.4 is 0 Å². The average molecular weight is 358 g/mol. The Morgan fingerprint density at radius 2 is 1.48 bits per heavy atom. The van der Waals surface area contributed by atoms with E-state index in [-0.39, 0.29) is 23.5 Å². The summed E-state index contributed by atoms with van der Waals surface area (Å²) in [5, 5.41) is 3.28. The zero-order valence-corrected chi connectivity index (χ0v) is 14.1. The Morgan fingerprint density at radius 1 is 0.913 bits per heavy atom. The molecule has 1 aliphatic carbocycles. The maximum atomic E-state index is 3.45. The number of benzene rings is 1. The van der Waals surface area contributed by atoms with Crippen LogP contribution in [0.25, 0.3) is 0 Å². The van der Waals surface area contributed by atoms with Crippen molar-refractivity contribution in [2.24, 2.45) is 11.8 Å². The molecule has 0 radical (unpaired) electrons. The first-order valence-corrected chi connectivity index (χ1v) is 7.92. The predicted molar refractivity (Wildman–Crippen MR) is 92.9 cm³/mol. The quantitative estimate of drug-likeness (QED) is 0.357. The molecular weight excluding hydrogens is 331 g/mol. The molecule has 2 rings (SSSR count). The van der Waals surface area contributed by atoms with Crippen molar-refractivity contribution < 1.29 is 23.5 Å². The normalized spacial score (nSPS) is 18.1. The first-order chi connectivity index (χ1) is 8.88. The lowest BCUT2D eigenvalue weighted by Crippen LogP contribution is -2.12. The van der Waals surface area contributed by atoms with E-state index in [1.807, 2.05) is 6.07 Å². The summed E-state index contributed by atoms with van der Waals surface area (Å²) in [5.41, 5.74) is 0. The highest BCUT2D eigenvalue weighted by Gasteiger charge is 2.18. The van der Waals surface area contributed by atoms with E-state index in [0.29, 0.717) is 5.92 Å². The van der Waals surface area contributed by atoms with Crippen molar-refractivity contribution in [3.63, 3.8) is 0 Å². The molecule has 1 fully saturated rings. The van der Waals surface area contributed by atoms with Gasteiger partial charge in [0.15, 0.2) is 0 Å². The third-order valence-electron chi connectivity index (χ3n) is 3.72. The first kappa shape index (κ1) is 29.7. The highest BCUT2D eigenvalue weighted by Crippen LogP contribution is 2.31. The lowest BCUT2D eigenvalue weighted by atomic mass is 9.80. The fourth-order valence-electron chi connectivity index (χ4n) is 2.66. The van der Waals surface area contributed by atoms with Gasteiger partial charge in [0.2, 0.25) is 0 Å². The van der Waals surface area contributed by atoms with E-state index < -0.39 is 0 Å². The van der Waals surface area contributed by atoms with Crippen molar-refractivity contribution in [3.05, 3.63) is 30.3 Å². The SMILES string of the molecule is CCCC1CCC(C#CSc2ccccc2)CC1.F.F.F.F.F. The standard InChI is InChI=1S/C17H22S.5FH/c1-2-6-15-9-11-16(12-10-15)13-14-18-17-7-4-3-5-8-17;;;;;/h3-5,7-8,15-16H,2,6,9-12H2,1H3;5*1H. The molecule has 0 saturated heterocycles. The minimum atomic E-state index is 0.